The van der Waals surface area contributed by atoms with E-state index >= 15 is 0 Å². The molecule has 2 unspecified atom stereocenters. The first-order chi connectivity index (χ1) is 6.99. The molecule has 7 N–H and O–H groups in total. The largest absolute Gasteiger partial charge is 0.479 e. The Morgan fingerprint density at radius 2 is 1.24 bits per heavy atom. The molecule has 0 spiro atoms. The van der Waals surface area contributed by atoms with Gasteiger partial charge < -0.3 is 35.7 Å². The van der Waals surface area contributed by atoms with Crippen molar-refractivity contribution in [1.82, 2.24) is 0 Å². The fourth-order valence-corrected chi connectivity index (χ4v) is 0.798. The van der Waals surface area contributed by atoms with E-state index in [0.29, 0.717) is 0 Å². The molecular formula is C6H8CrO10. The van der Waals surface area contributed by atoms with Gasteiger partial charge in [-0.3, -0.25) is 0 Å². The summed E-state index contributed by atoms with van der Waals surface area (Å²) in [5, 5.41) is 60.3. The Balaban J connectivity index is 0. The van der Waals surface area contributed by atoms with Crippen LogP contribution in [-0.4, -0.2) is 71.1 Å². The van der Waals surface area contributed by atoms with Gasteiger partial charge in [-0.05, 0) is 0 Å². The summed E-state index contributed by atoms with van der Waals surface area (Å²) >= 11 is 0. The second-order valence-corrected chi connectivity index (χ2v) is 2.79. The zero-order valence-electron chi connectivity index (χ0n) is 7.84. The first kappa shape index (κ1) is 18.2. The molecule has 0 saturated carbocycles. The monoisotopic (exact) mass is 292 g/mol. The van der Waals surface area contributed by atoms with Gasteiger partial charge in [-0.15, -0.1) is 0 Å². The third-order valence-electron chi connectivity index (χ3n) is 1.79. The zero-order chi connectivity index (χ0) is 13.3. The van der Waals surface area contributed by atoms with Gasteiger partial charge in [0.25, 0.3) is 5.60 Å². The summed E-state index contributed by atoms with van der Waals surface area (Å²) in [6.07, 6.45) is -3.25. The van der Waals surface area contributed by atoms with Gasteiger partial charge in [0.1, 0.15) is 0 Å². The number of aliphatic hydroxyl groups is 4. The van der Waals surface area contributed by atoms with E-state index in [4.69, 9.17) is 35.7 Å². The van der Waals surface area contributed by atoms with Crippen molar-refractivity contribution in [3.8, 4) is 0 Å². The molecule has 0 aromatic rings. The minimum atomic E-state index is -4.38. The van der Waals surface area contributed by atoms with Gasteiger partial charge in [0, 0.05) is 17.4 Å². The number of hydrogen-bond acceptors (Lipinski definition) is 7. The summed E-state index contributed by atoms with van der Waals surface area (Å²) in [5.41, 5.74) is -4.22. The molecule has 0 saturated heterocycles. The number of aliphatic hydroxyl groups excluding tert-OH is 1. The van der Waals surface area contributed by atoms with Crippen molar-refractivity contribution in [3.05, 3.63) is 0 Å². The maximum Gasteiger partial charge on any atom is 0.368 e. The molecular weight excluding hydrogens is 284 g/mol. The number of rotatable bonds is 5. The van der Waals surface area contributed by atoms with E-state index in [0.717, 1.165) is 0 Å². The standard InChI is InChI=1S/C6H8O10.Cr/c7-1(2(8)9)5(14,3(10)11)6(15,16)4(12)13;/h1,7,14-16H,(H,8,9)(H,10,11)(H,12,13);. The smallest absolute Gasteiger partial charge is 0.368 e. The fraction of sp³-hybridized carbons (Fsp3) is 0.500. The summed E-state index contributed by atoms with van der Waals surface area (Å²) in [6.45, 7) is 0. The summed E-state index contributed by atoms with van der Waals surface area (Å²) < 4.78 is 0. The third-order valence-corrected chi connectivity index (χ3v) is 1.79. The van der Waals surface area contributed by atoms with Crippen molar-refractivity contribution in [1.29, 1.82) is 0 Å². The molecule has 0 fully saturated rings. The van der Waals surface area contributed by atoms with Crippen LogP contribution in [-0.2, 0) is 31.7 Å². The zero-order valence-corrected chi connectivity index (χ0v) is 9.12. The van der Waals surface area contributed by atoms with Crippen LogP contribution in [0.15, 0.2) is 0 Å². The van der Waals surface area contributed by atoms with Crippen LogP contribution in [0.5, 0.6) is 0 Å². The molecule has 0 radical (unpaired) electrons. The molecule has 2 atom stereocenters. The van der Waals surface area contributed by atoms with E-state index in [2.05, 4.69) is 0 Å². The van der Waals surface area contributed by atoms with Crippen molar-refractivity contribution in [3.63, 3.8) is 0 Å². The Labute approximate surface area is 103 Å². The van der Waals surface area contributed by atoms with E-state index in [1.807, 2.05) is 0 Å². The average molecular weight is 292 g/mol. The van der Waals surface area contributed by atoms with Gasteiger partial charge in [-0.1, -0.05) is 0 Å². The number of carbonyl (C=O) groups is 3. The van der Waals surface area contributed by atoms with Crippen molar-refractivity contribution in [2.24, 2.45) is 0 Å². The van der Waals surface area contributed by atoms with Gasteiger partial charge in [-0.2, -0.15) is 0 Å². The van der Waals surface area contributed by atoms with Crippen LogP contribution in [0.25, 0.3) is 0 Å². The van der Waals surface area contributed by atoms with Crippen LogP contribution in [0.2, 0.25) is 0 Å². The van der Waals surface area contributed by atoms with Gasteiger partial charge in [0.2, 0.25) is 0 Å². The molecule has 0 aromatic heterocycles. The SMILES string of the molecule is O=C(O)C(O)C(O)(C(=O)O)C(O)(O)C(=O)O.[Cr]. The predicted molar refractivity (Wildman–Crippen MR) is 41.0 cm³/mol. The summed E-state index contributed by atoms with van der Waals surface area (Å²) in [4.78, 5) is 31.0. The Bertz CT molecular complexity index is 338. The number of aliphatic carboxylic acids is 3. The summed E-state index contributed by atoms with van der Waals surface area (Å²) in [6, 6.07) is 0. The van der Waals surface area contributed by atoms with Gasteiger partial charge in [0.15, 0.2) is 6.10 Å². The van der Waals surface area contributed by atoms with Crippen LogP contribution in [0.1, 0.15) is 0 Å². The first-order valence-corrected chi connectivity index (χ1v) is 3.54. The van der Waals surface area contributed by atoms with Crippen LogP contribution in [0.4, 0.5) is 0 Å². The molecule has 0 aliphatic carbocycles. The van der Waals surface area contributed by atoms with Crippen LogP contribution < -0.4 is 0 Å². The molecule has 0 amide bonds. The molecule has 0 aliphatic heterocycles. The van der Waals surface area contributed by atoms with E-state index in [9.17, 15) is 14.4 Å². The summed E-state index contributed by atoms with van der Waals surface area (Å²) in [7, 11) is 0. The second-order valence-electron chi connectivity index (χ2n) is 2.79. The van der Waals surface area contributed by atoms with E-state index in [1.165, 1.54) is 0 Å². The number of carboxylic acids is 3. The average Bonchev–Trinajstić information content (AvgIpc) is 2.14. The van der Waals surface area contributed by atoms with Crippen molar-refractivity contribution in [2.75, 3.05) is 0 Å². The second kappa shape index (κ2) is 5.41. The quantitative estimate of drug-likeness (QED) is 0.245. The molecule has 0 bridgehead atoms. The topological polar surface area (TPSA) is 193 Å². The molecule has 0 aromatic carbocycles. The normalized spacial score (nSPS) is 16.2. The number of carboxylic acid groups (broad SMARTS) is 3. The van der Waals surface area contributed by atoms with Crippen LogP contribution >= 0.6 is 0 Å². The van der Waals surface area contributed by atoms with Gasteiger partial charge in [-0.25, -0.2) is 14.4 Å². The molecule has 0 heterocycles. The van der Waals surface area contributed by atoms with E-state index in [-0.39, 0.29) is 17.4 Å². The van der Waals surface area contributed by atoms with Crippen LogP contribution in [0, 0.1) is 0 Å². The maximum absolute atomic E-state index is 10.5. The fourth-order valence-electron chi connectivity index (χ4n) is 0.798. The Hall–Kier alpha value is -1.22. The minimum Gasteiger partial charge on any atom is -0.479 e. The van der Waals surface area contributed by atoms with Gasteiger partial charge >= 0.3 is 23.7 Å². The van der Waals surface area contributed by atoms with Crippen molar-refractivity contribution >= 4 is 17.9 Å². The van der Waals surface area contributed by atoms with E-state index < -0.39 is 35.4 Å². The van der Waals surface area contributed by atoms with Crippen molar-refractivity contribution < 1.29 is 67.5 Å². The molecule has 98 valence electrons. The summed E-state index contributed by atoms with van der Waals surface area (Å²) in [5.74, 6) is -12.0. The third kappa shape index (κ3) is 2.72. The molecule has 0 aliphatic rings. The molecule has 17 heavy (non-hydrogen) atoms. The Morgan fingerprint density at radius 3 is 1.41 bits per heavy atom. The minimum absolute atomic E-state index is 0. The maximum atomic E-state index is 10.5. The Morgan fingerprint density at radius 1 is 0.882 bits per heavy atom. The molecule has 0 rings (SSSR count). The Kier molecular flexibility index (Phi) is 5.78. The predicted octanol–water partition coefficient (Wildman–Crippen LogP) is -3.99. The van der Waals surface area contributed by atoms with Gasteiger partial charge in [0.05, 0.1) is 0 Å². The molecule has 11 heteroatoms. The van der Waals surface area contributed by atoms with Crippen LogP contribution in [0.3, 0.4) is 0 Å². The number of hydrogen-bond donors (Lipinski definition) is 7. The van der Waals surface area contributed by atoms with Crippen molar-refractivity contribution in [2.45, 2.75) is 17.5 Å². The molecule has 10 nitrogen and oxygen atoms in total. The first-order valence-electron chi connectivity index (χ1n) is 3.54. The van der Waals surface area contributed by atoms with E-state index in [1.54, 1.807) is 0 Å².